The molecule has 4 rings (SSSR count). The number of aliphatic hydroxyl groups is 1. The highest BCUT2D eigenvalue weighted by Gasteiger charge is 2.34. The predicted molar refractivity (Wildman–Crippen MR) is 122 cm³/mol. The van der Waals surface area contributed by atoms with E-state index in [1.54, 1.807) is 42.5 Å². The van der Waals surface area contributed by atoms with Gasteiger partial charge in [0.1, 0.15) is 24.2 Å². The van der Waals surface area contributed by atoms with Crippen molar-refractivity contribution in [1.82, 2.24) is 0 Å². The summed E-state index contributed by atoms with van der Waals surface area (Å²) in [6.45, 7) is 0.424. The lowest BCUT2D eigenvalue weighted by atomic mass is 9.97. The Kier molecular flexibility index (Phi) is 7.08. The Labute approximate surface area is 194 Å². The smallest absolute Gasteiger partial charge is 0.328 e. The Morgan fingerprint density at radius 3 is 2.82 bits per heavy atom. The average Bonchev–Trinajstić information content (AvgIpc) is 3.33. The van der Waals surface area contributed by atoms with Crippen molar-refractivity contribution in [1.29, 1.82) is 0 Å². The normalized spacial score (nSPS) is 21.0. The van der Waals surface area contributed by atoms with E-state index in [1.165, 1.54) is 17.4 Å². The Bertz CT molecular complexity index is 1140. The minimum absolute atomic E-state index is 0.0617. The number of phenols is 1. The molecule has 1 fully saturated rings. The van der Waals surface area contributed by atoms with Crippen LogP contribution in [0.15, 0.2) is 65.4 Å². The highest BCUT2D eigenvalue weighted by atomic mass is 32.1. The van der Waals surface area contributed by atoms with Gasteiger partial charge in [0.15, 0.2) is 6.17 Å². The van der Waals surface area contributed by atoms with Crippen LogP contribution in [0.4, 0.5) is 4.39 Å². The minimum atomic E-state index is -1.50. The highest BCUT2D eigenvalue weighted by molar-refractivity contribution is 7.08. The van der Waals surface area contributed by atoms with Gasteiger partial charge in [0.25, 0.3) is 0 Å². The zero-order valence-corrected chi connectivity index (χ0v) is 18.4. The molecule has 3 atom stereocenters. The first kappa shape index (κ1) is 23.0. The van der Waals surface area contributed by atoms with E-state index >= 15 is 0 Å². The van der Waals surface area contributed by atoms with Crippen LogP contribution in [0.2, 0.25) is 0 Å². The van der Waals surface area contributed by atoms with Crippen LogP contribution in [0.5, 0.6) is 11.5 Å². The van der Waals surface area contributed by atoms with Crippen molar-refractivity contribution >= 4 is 22.9 Å². The summed E-state index contributed by atoms with van der Waals surface area (Å²) in [4.78, 5) is 11.3. The van der Waals surface area contributed by atoms with Crippen LogP contribution in [0.3, 0.4) is 0 Å². The third kappa shape index (κ3) is 5.42. The Morgan fingerprint density at radius 2 is 2.09 bits per heavy atom. The summed E-state index contributed by atoms with van der Waals surface area (Å²) in [6, 6.07) is 13.6. The molecular formula is C25H23FO6S. The molecule has 3 aromatic rings. The molecule has 0 aliphatic carbocycles. The van der Waals surface area contributed by atoms with E-state index in [9.17, 15) is 24.5 Å². The van der Waals surface area contributed by atoms with Crippen LogP contribution in [0.25, 0.3) is 5.57 Å². The zero-order valence-electron chi connectivity index (χ0n) is 17.6. The van der Waals surface area contributed by atoms with E-state index in [-0.39, 0.29) is 25.4 Å². The molecule has 0 bridgehead atoms. The van der Waals surface area contributed by atoms with E-state index in [0.29, 0.717) is 33.6 Å². The number of halogens is 1. The van der Waals surface area contributed by atoms with Crippen LogP contribution in [0, 0.1) is 0 Å². The molecule has 2 heterocycles. The van der Waals surface area contributed by atoms with Gasteiger partial charge < -0.3 is 24.8 Å². The van der Waals surface area contributed by atoms with Gasteiger partial charge in [0.05, 0.1) is 12.7 Å². The maximum absolute atomic E-state index is 14.4. The van der Waals surface area contributed by atoms with E-state index in [2.05, 4.69) is 0 Å². The predicted octanol–water partition coefficient (Wildman–Crippen LogP) is 4.71. The van der Waals surface area contributed by atoms with E-state index < -0.39 is 24.3 Å². The molecule has 172 valence electrons. The molecule has 0 spiro atoms. The summed E-state index contributed by atoms with van der Waals surface area (Å²) in [5.74, 6) is -0.669. The minimum Gasteiger partial charge on any atom is -0.507 e. The summed E-state index contributed by atoms with van der Waals surface area (Å²) in [7, 11) is 0. The molecule has 0 radical (unpaired) electrons. The highest BCUT2D eigenvalue weighted by Crippen LogP contribution is 2.34. The van der Waals surface area contributed by atoms with Gasteiger partial charge in [-0.05, 0) is 58.1 Å². The van der Waals surface area contributed by atoms with Crippen molar-refractivity contribution in [3.63, 3.8) is 0 Å². The fourth-order valence-corrected chi connectivity index (χ4v) is 4.41. The lowest BCUT2D eigenvalue weighted by Crippen LogP contribution is -2.36. The summed E-state index contributed by atoms with van der Waals surface area (Å²) < 4.78 is 25.7. The molecule has 1 aliphatic rings. The number of ether oxygens (including phenoxy) is 2. The van der Waals surface area contributed by atoms with Gasteiger partial charge in [-0.1, -0.05) is 24.3 Å². The number of alkyl halides is 1. The van der Waals surface area contributed by atoms with Crippen LogP contribution in [-0.4, -0.2) is 40.2 Å². The molecule has 1 aromatic heterocycles. The van der Waals surface area contributed by atoms with Gasteiger partial charge in [0.2, 0.25) is 0 Å². The third-order valence-electron chi connectivity index (χ3n) is 5.41. The molecular weight excluding hydrogens is 447 g/mol. The number of hydrogen-bond donors (Lipinski definition) is 3. The van der Waals surface area contributed by atoms with Gasteiger partial charge in [-0.2, -0.15) is 11.3 Å². The van der Waals surface area contributed by atoms with Gasteiger partial charge in [-0.25, -0.2) is 9.18 Å². The van der Waals surface area contributed by atoms with Gasteiger partial charge in [0, 0.05) is 17.2 Å². The maximum Gasteiger partial charge on any atom is 0.328 e. The van der Waals surface area contributed by atoms with E-state index in [0.717, 1.165) is 6.08 Å². The Morgan fingerprint density at radius 1 is 1.24 bits per heavy atom. The van der Waals surface area contributed by atoms with Gasteiger partial charge >= 0.3 is 5.97 Å². The molecule has 3 unspecified atom stereocenters. The number of carboxylic acids is 1. The Hall–Kier alpha value is -3.20. The number of hydrogen-bond acceptors (Lipinski definition) is 6. The summed E-state index contributed by atoms with van der Waals surface area (Å²) >= 11 is 1.43. The number of aromatic hydroxyl groups is 1. The number of rotatable bonds is 7. The fraction of sp³-hybridized carbons (Fsp3) is 0.240. The molecule has 6 nitrogen and oxygen atoms in total. The second-order valence-electron chi connectivity index (χ2n) is 7.71. The third-order valence-corrected chi connectivity index (χ3v) is 6.10. The van der Waals surface area contributed by atoms with Crippen LogP contribution in [0.1, 0.15) is 34.8 Å². The maximum atomic E-state index is 14.4. The summed E-state index contributed by atoms with van der Waals surface area (Å²) in [6.07, 6.45) is -2.07. The van der Waals surface area contributed by atoms with Crippen molar-refractivity contribution in [2.45, 2.75) is 31.4 Å². The molecule has 2 aromatic carbocycles. The van der Waals surface area contributed by atoms with Crippen molar-refractivity contribution in [3.8, 4) is 11.5 Å². The monoisotopic (exact) mass is 470 g/mol. The summed E-state index contributed by atoms with van der Waals surface area (Å²) in [5, 5.41) is 33.2. The number of carboxylic acid groups (broad SMARTS) is 1. The largest absolute Gasteiger partial charge is 0.507 e. The second kappa shape index (κ2) is 10.2. The lowest BCUT2D eigenvalue weighted by Gasteiger charge is -2.30. The van der Waals surface area contributed by atoms with Gasteiger partial charge in [-0.15, -0.1) is 0 Å². The van der Waals surface area contributed by atoms with Crippen molar-refractivity contribution < 1.29 is 34.0 Å². The number of phenolic OH excluding ortho intramolecular Hbond substituents is 1. The standard InChI is InChI=1S/C25H23FO6S/c26-24-21(27)6-8-31-25(24)16-2-1-3-18(11-16)32-13-15-4-5-19(22(28)10-15)20(12-23(29)30)17-7-9-33-14-17/h1-5,7,9-12,14,21,24-25,27-28H,6,8,13H2,(H,29,30)/b20-12+. The quantitative estimate of drug-likeness (QED) is 0.433. The van der Waals surface area contributed by atoms with Crippen molar-refractivity contribution in [2.24, 2.45) is 0 Å². The topological polar surface area (TPSA) is 96.2 Å². The van der Waals surface area contributed by atoms with E-state index in [4.69, 9.17) is 9.47 Å². The number of carbonyl (C=O) groups is 1. The number of aliphatic carboxylic acids is 1. The SMILES string of the molecule is O=C(O)/C=C(\c1ccsc1)c1ccc(COc2cccc(C3OCCC(O)C3F)c2)cc1O. The molecule has 1 saturated heterocycles. The number of aliphatic hydroxyl groups excluding tert-OH is 1. The second-order valence-corrected chi connectivity index (χ2v) is 8.49. The fourth-order valence-electron chi connectivity index (χ4n) is 3.75. The molecule has 33 heavy (non-hydrogen) atoms. The first-order valence-electron chi connectivity index (χ1n) is 10.4. The number of thiophene rings is 1. The first-order chi connectivity index (χ1) is 15.9. The average molecular weight is 471 g/mol. The molecule has 1 aliphatic heterocycles. The van der Waals surface area contributed by atoms with Gasteiger partial charge in [-0.3, -0.25) is 0 Å². The molecule has 0 saturated carbocycles. The zero-order chi connectivity index (χ0) is 23.4. The van der Waals surface area contributed by atoms with Crippen LogP contribution in [-0.2, 0) is 16.1 Å². The first-order valence-corrected chi connectivity index (χ1v) is 11.3. The van der Waals surface area contributed by atoms with E-state index in [1.807, 2.05) is 10.8 Å². The molecule has 8 heteroatoms. The van der Waals surface area contributed by atoms with Crippen LogP contribution < -0.4 is 4.74 Å². The molecule has 3 N–H and O–H groups in total. The Balaban J connectivity index is 1.49. The van der Waals surface area contributed by atoms with Crippen molar-refractivity contribution in [3.05, 3.63) is 87.6 Å². The molecule has 0 amide bonds. The number of benzene rings is 2. The lowest BCUT2D eigenvalue weighted by molar-refractivity contribution is -0.131. The van der Waals surface area contributed by atoms with Crippen LogP contribution >= 0.6 is 11.3 Å². The van der Waals surface area contributed by atoms with Crippen molar-refractivity contribution in [2.75, 3.05) is 6.61 Å². The summed E-state index contributed by atoms with van der Waals surface area (Å²) in [5.41, 5.74) is 2.78.